The number of nitrogens with one attached hydrogen (secondary N) is 1. The van der Waals surface area contributed by atoms with Crippen LogP contribution in [0.25, 0.3) is 0 Å². The number of aliphatic carboxylic acids is 1. The van der Waals surface area contributed by atoms with Crippen molar-refractivity contribution in [1.29, 1.82) is 0 Å². The maximum atomic E-state index is 11.5. The number of aromatic nitrogens is 2. The molecule has 0 bridgehead atoms. The molecule has 1 fully saturated rings. The molecule has 0 spiro atoms. The smallest absolute Gasteiger partial charge is 0.311 e. The molecule has 6 heteroatoms. The second-order valence-electron chi connectivity index (χ2n) is 5.24. The topological polar surface area (TPSA) is 84.3 Å². The number of rotatable bonds is 7. The Balaban J connectivity index is 1.97. The lowest BCUT2D eigenvalue weighted by molar-refractivity contribution is -0.147. The molecule has 0 aliphatic heterocycles. The van der Waals surface area contributed by atoms with Crippen molar-refractivity contribution in [3.8, 4) is 5.88 Å². The molecule has 2 N–H and O–H groups in total. The van der Waals surface area contributed by atoms with Crippen LogP contribution < -0.4 is 10.1 Å². The summed E-state index contributed by atoms with van der Waals surface area (Å²) in [6.07, 6.45) is 5.73. The van der Waals surface area contributed by atoms with Crippen molar-refractivity contribution in [1.82, 2.24) is 9.97 Å². The number of nitrogens with zero attached hydrogens (tertiary/aromatic N) is 2. The highest BCUT2D eigenvalue weighted by Gasteiger charge is 2.41. The number of carbonyl (C=O) groups is 1. The van der Waals surface area contributed by atoms with Gasteiger partial charge >= 0.3 is 5.97 Å². The molecule has 0 amide bonds. The Morgan fingerprint density at radius 2 is 2.20 bits per heavy atom. The van der Waals surface area contributed by atoms with E-state index in [9.17, 15) is 9.90 Å². The van der Waals surface area contributed by atoms with Crippen molar-refractivity contribution >= 4 is 11.8 Å². The summed E-state index contributed by atoms with van der Waals surface area (Å²) < 4.78 is 5.43. The Morgan fingerprint density at radius 1 is 1.45 bits per heavy atom. The van der Waals surface area contributed by atoms with Crippen molar-refractivity contribution in [2.45, 2.75) is 39.0 Å². The van der Waals surface area contributed by atoms with Gasteiger partial charge in [-0.25, -0.2) is 9.97 Å². The van der Waals surface area contributed by atoms with Gasteiger partial charge in [0, 0.05) is 12.6 Å². The minimum Gasteiger partial charge on any atom is -0.481 e. The van der Waals surface area contributed by atoms with Gasteiger partial charge in [-0.1, -0.05) is 19.8 Å². The molecule has 1 heterocycles. The summed E-state index contributed by atoms with van der Waals surface area (Å²) >= 11 is 0. The molecule has 6 nitrogen and oxygen atoms in total. The second-order valence-corrected chi connectivity index (χ2v) is 5.24. The Morgan fingerprint density at radius 3 is 2.85 bits per heavy atom. The molecule has 1 aromatic rings. The van der Waals surface area contributed by atoms with E-state index in [2.05, 4.69) is 15.3 Å². The van der Waals surface area contributed by atoms with Crippen LogP contribution in [0, 0.1) is 5.41 Å². The van der Waals surface area contributed by atoms with E-state index in [0.717, 1.165) is 32.1 Å². The maximum absolute atomic E-state index is 11.5. The predicted molar refractivity (Wildman–Crippen MR) is 74.8 cm³/mol. The van der Waals surface area contributed by atoms with Crippen molar-refractivity contribution in [3.63, 3.8) is 0 Å². The lowest BCUT2D eigenvalue weighted by Crippen LogP contribution is -2.35. The summed E-state index contributed by atoms with van der Waals surface area (Å²) in [4.78, 5) is 19.6. The highest BCUT2D eigenvalue weighted by Crippen LogP contribution is 2.38. The lowest BCUT2D eigenvalue weighted by atomic mass is 9.86. The monoisotopic (exact) mass is 279 g/mol. The highest BCUT2D eigenvalue weighted by atomic mass is 16.5. The van der Waals surface area contributed by atoms with Crippen LogP contribution in [-0.4, -0.2) is 34.2 Å². The van der Waals surface area contributed by atoms with Gasteiger partial charge < -0.3 is 15.2 Å². The first kappa shape index (κ1) is 14.6. The van der Waals surface area contributed by atoms with Crippen molar-refractivity contribution in [2.24, 2.45) is 5.41 Å². The number of hydrogen-bond donors (Lipinski definition) is 2. The summed E-state index contributed by atoms with van der Waals surface area (Å²) in [7, 11) is 0. The van der Waals surface area contributed by atoms with E-state index in [1.165, 1.54) is 6.33 Å². The largest absolute Gasteiger partial charge is 0.481 e. The molecule has 0 radical (unpaired) electrons. The molecule has 0 saturated heterocycles. The molecule has 20 heavy (non-hydrogen) atoms. The molecule has 0 aromatic carbocycles. The fourth-order valence-corrected chi connectivity index (χ4v) is 2.50. The van der Waals surface area contributed by atoms with Gasteiger partial charge in [0.2, 0.25) is 5.88 Å². The third-order valence-corrected chi connectivity index (χ3v) is 3.72. The Bertz CT molecular complexity index is 459. The van der Waals surface area contributed by atoms with Crippen LogP contribution in [0.3, 0.4) is 0 Å². The van der Waals surface area contributed by atoms with Crippen LogP contribution in [0.5, 0.6) is 5.88 Å². The van der Waals surface area contributed by atoms with E-state index in [-0.39, 0.29) is 0 Å². The first-order valence-corrected chi connectivity index (χ1v) is 7.08. The van der Waals surface area contributed by atoms with Crippen LogP contribution in [0.1, 0.15) is 39.0 Å². The van der Waals surface area contributed by atoms with Gasteiger partial charge in [0.1, 0.15) is 12.1 Å². The zero-order chi connectivity index (χ0) is 14.4. The summed E-state index contributed by atoms with van der Waals surface area (Å²) in [5.74, 6) is 0.401. The Kier molecular flexibility index (Phi) is 4.76. The van der Waals surface area contributed by atoms with Gasteiger partial charge in [-0.2, -0.15) is 0 Å². The van der Waals surface area contributed by atoms with Gasteiger partial charge in [-0.05, 0) is 19.3 Å². The molecular formula is C14H21N3O3. The minimum atomic E-state index is -0.723. The van der Waals surface area contributed by atoms with Gasteiger partial charge in [0.15, 0.2) is 0 Å². The van der Waals surface area contributed by atoms with E-state index >= 15 is 0 Å². The fourth-order valence-electron chi connectivity index (χ4n) is 2.50. The number of anilines is 1. The Hall–Kier alpha value is -1.85. The molecule has 1 aromatic heterocycles. The summed E-state index contributed by atoms with van der Waals surface area (Å²) in [6, 6.07) is 1.71. The molecule has 1 saturated carbocycles. The van der Waals surface area contributed by atoms with E-state index in [1.807, 2.05) is 6.92 Å². The molecule has 0 unspecified atom stereocenters. The van der Waals surface area contributed by atoms with Crippen molar-refractivity contribution in [2.75, 3.05) is 18.5 Å². The van der Waals surface area contributed by atoms with Crippen LogP contribution in [-0.2, 0) is 4.79 Å². The van der Waals surface area contributed by atoms with Gasteiger partial charge in [-0.3, -0.25) is 4.79 Å². The summed E-state index contributed by atoms with van der Waals surface area (Å²) in [5.41, 5.74) is -0.657. The Labute approximate surface area is 118 Å². The van der Waals surface area contributed by atoms with Crippen molar-refractivity contribution in [3.05, 3.63) is 12.4 Å². The average Bonchev–Trinajstić information content (AvgIpc) is 2.94. The maximum Gasteiger partial charge on any atom is 0.311 e. The standard InChI is InChI=1S/C14H21N3O3/c1-2-7-20-12-8-11(16-10-17-12)15-9-14(13(18)19)5-3-4-6-14/h8,10H,2-7,9H2,1H3,(H,18,19)(H,15,16,17). The van der Waals surface area contributed by atoms with E-state index in [4.69, 9.17) is 4.74 Å². The normalized spacial score (nSPS) is 16.9. The van der Waals surface area contributed by atoms with Crippen LogP contribution in [0.4, 0.5) is 5.82 Å². The van der Waals surface area contributed by atoms with Crippen LogP contribution >= 0.6 is 0 Å². The number of hydrogen-bond acceptors (Lipinski definition) is 5. The fraction of sp³-hybridized carbons (Fsp3) is 0.643. The lowest BCUT2D eigenvalue weighted by Gasteiger charge is -2.24. The number of carboxylic acids is 1. The molecule has 0 atom stereocenters. The zero-order valence-corrected chi connectivity index (χ0v) is 11.8. The van der Waals surface area contributed by atoms with Gasteiger partial charge in [0.05, 0.1) is 12.0 Å². The quantitative estimate of drug-likeness (QED) is 0.797. The van der Waals surface area contributed by atoms with Crippen LogP contribution in [0.2, 0.25) is 0 Å². The predicted octanol–water partition coefficient (Wildman–Crippen LogP) is 2.32. The van der Waals surface area contributed by atoms with E-state index < -0.39 is 11.4 Å². The number of carboxylic acid groups (broad SMARTS) is 1. The SMILES string of the molecule is CCCOc1cc(NCC2(C(=O)O)CCCC2)ncn1. The van der Waals surface area contributed by atoms with E-state index in [0.29, 0.717) is 24.8 Å². The van der Waals surface area contributed by atoms with Gasteiger partial charge in [-0.15, -0.1) is 0 Å². The first-order chi connectivity index (χ1) is 9.66. The first-order valence-electron chi connectivity index (χ1n) is 7.08. The molecular weight excluding hydrogens is 258 g/mol. The molecule has 2 rings (SSSR count). The summed E-state index contributed by atoms with van der Waals surface area (Å²) in [5, 5.41) is 12.5. The third kappa shape index (κ3) is 3.37. The molecule has 1 aliphatic rings. The molecule has 110 valence electrons. The van der Waals surface area contributed by atoms with Gasteiger partial charge in [0.25, 0.3) is 0 Å². The van der Waals surface area contributed by atoms with E-state index in [1.54, 1.807) is 6.07 Å². The highest BCUT2D eigenvalue weighted by molar-refractivity contribution is 5.75. The summed E-state index contributed by atoms with van der Waals surface area (Å²) in [6.45, 7) is 3.03. The minimum absolute atomic E-state index is 0.395. The van der Waals surface area contributed by atoms with Crippen molar-refractivity contribution < 1.29 is 14.6 Å². The average molecular weight is 279 g/mol. The molecule has 1 aliphatic carbocycles. The van der Waals surface area contributed by atoms with Crippen LogP contribution in [0.15, 0.2) is 12.4 Å². The third-order valence-electron chi connectivity index (χ3n) is 3.72. The zero-order valence-electron chi connectivity index (χ0n) is 11.8. The number of ether oxygens (including phenoxy) is 1. The second kappa shape index (κ2) is 6.54.